The molecule has 9 heteroatoms. The van der Waals surface area contributed by atoms with E-state index in [1.165, 1.54) is 12.4 Å². The maximum absolute atomic E-state index is 12.4. The number of carbonyl (C=O) groups excluding carboxylic acids is 1. The Kier molecular flexibility index (Phi) is 7.26. The first-order valence-corrected chi connectivity index (χ1v) is 13.1. The van der Waals surface area contributed by atoms with Gasteiger partial charge in [-0.2, -0.15) is 0 Å². The molecule has 0 bridgehead atoms. The van der Waals surface area contributed by atoms with E-state index in [0.29, 0.717) is 22.9 Å². The third-order valence-corrected chi connectivity index (χ3v) is 7.13. The molecular weight excluding hydrogens is 490 g/mol. The molecule has 1 aliphatic rings. The molecule has 0 atom stereocenters. The number of fused-ring (bicyclic) bond motifs is 1. The van der Waals surface area contributed by atoms with Crippen molar-refractivity contribution in [3.63, 3.8) is 0 Å². The van der Waals surface area contributed by atoms with Gasteiger partial charge < -0.3 is 25.3 Å². The van der Waals surface area contributed by atoms with Gasteiger partial charge in [0.15, 0.2) is 0 Å². The van der Waals surface area contributed by atoms with E-state index in [1.54, 1.807) is 7.11 Å². The largest absolute Gasteiger partial charge is 0.494 e. The normalized spacial score (nSPS) is 14.3. The smallest absolute Gasteiger partial charge is 0.247 e. The molecule has 202 valence electrons. The number of methoxy groups -OCH3 is 1. The highest BCUT2D eigenvalue weighted by molar-refractivity contribution is 6.02. The van der Waals surface area contributed by atoms with Crippen LogP contribution in [-0.2, 0) is 4.79 Å². The third-order valence-electron chi connectivity index (χ3n) is 7.13. The van der Waals surface area contributed by atoms with Gasteiger partial charge >= 0.3 is 0 Å². The fourth-order valence-electron chi connectivity index (χ4n) is 4.99. The number of hydrogen-bond acceptors (Lipinski definition) is 7. The molecule has 0 radical (unpaired) electrons. The van der Waals surface area contributed by atoms with E-state index in [9.17, 15) is 4.79 Å². The number of nitrogens with zero attached hydrogens (tertiary/aromatic N) is 4. The minimum atomic E-state index is -0.274. The summed E-state index contributed by atoms with van der Waals surface area (Å²) in [6.07, 6.45) is 4.76. The second-order valence-electron chi connectivity index (χ2n) is 10.6. The fourth-order valence-corrected chi connectivity index (χ4v) is 4.99. The molecule has 1 amide bonds. The SMILES string of the molecule is C=CC(=O)Nc1cc(Nc2cc(-c3c[nH]c4ccccc34)ncn2)c(OC)cc1N1CCN(C(C)(C)C)CC1. The number of aromatic nitrogens is 3. The number of benzene rings is 2. The molecule has 1 fully saturated rings. The summed E-state index contributed by atoms with van der Waals surface area (Å²) in [4.78, 5) is 29.4. The molecule has 0 aliphatic carbocycles. The lowest BCUT2D eigenvalue weighted by atomic mass is 10.0. The molecule has 0 saturated carbocycles. The summed E-state index contributed by atoms with van der Waals surface area (Å²) >= 11 is 0. The first kappa shape index (κ1) is 26.2. The second kappa shape index (κ2) is 10.8. The average Bonchev–Trinajstić information content (AvgIpc) is 3.37. The van der Waals surface area contributed by atoms with Gasteiger partial charge in [0.25, 0.3) is 0 Å². The Bertz CT molecular complexity index is 1500. The average molecular weight is 526 g/mol. The van der Waals surface area contributed by atoms with Crippen LogP contribution >= 0.6 is 0 Å². The van der Waals surface area contributed by atoms with E-state index in [-0.39, 0.29) is 11.4 Å². The van der Waals surface area contributed by atoms with E-state index >= 15 is 0 Å². The number of anilines is 4. The number of aromatic amines is 1. The Morgan fingerprint density at radius 1 is 1.08 bits per heavy atom. The van der Waals surface area contributed by atoms with Gasteiger partial charge in [0, 0.05) is 66.5 Å². The molecule has 4 aromatic rings. The zero-order chi connectivity index (χ0) is 27.6. The van der Waals surface area contributed by atoms with E-state index in [2.05, 4.69) is 68.8 Å². The molecule has 1 aliphatic heterocycles. The lowest BCUT2D eigenvalue weighted by Gasteiger charge is -2.43. The van der Waals surface area contributed by atoms with Crippen molar-refractivity contribution >= 4 is 39.7 Å². The van der Waals surface area contributed by atoms with Crippen LogP contribution in [0.3, 0.4) is 0 Å². The molecule has 3 heterocycles. The van der Waals surface area contributed by atoms with Gasteiger partial charge in [-0.05, 0) is 39.0 Å². The number of amides is 1. The molecule has 2 aromatic heterocycles. The van der Waals surface area contributed by atoms with Crippen LogP contribution in [0.1, 0.15) is 20.8 Å². The molecule has 1 saturated heterocycles. The Labute approximate surface area is 228 Å². The molecule has 0 unspecified atom stereocenters. The number of piperazine rings is 1. The summed E-state index contributed by atoms with van der Waals surface area (Å²) in [5, 5.41) is 7.45. The highest BCUT2D eigenvalue weighted by Crippen LogP contribution is 2.39. The summed E-state index contributed by atoms with van der Waals surface area (Å²) in [7, 11) is 1.64. The predicted molar refractivity (Wildman–Crippen MR) is 158 cm³/mol. The van der Waals surface area contributed by atoms with Crippen molar-refractivity contribution in [2.45, 2.75) is 26.3 Å². The summed E-state index contributed by atoms with van der Waals surface area (Å²) in [6.45, 7) is 13.9. The van der Waals surface area contributed by atoms with Crippen molar-refractivity contribution in [1.82, 2.24) is 19.9 Å². The quantitative estimate of drug-likeness (QED) is 0.277. The lowest BCUT2D eigenvalue weighted by molar-refractivity contribution is -0.111. The van der Waals surface area contributed by atoms with Crippen LogP contribution in [-0.4, -0.2) is 64.6 Å². The minimum absolute atomic E-state index is 0.112. The highest BCUT2D eigenvalue weighted by atomic mass is 16.5. The van der Waals surface area contributed by atoms with Gasteiger partial charge in [-0.3, -0.25) is 9.69 Å². The van der Waals surface area contributed by atoms with Crippen LogP contribution in [0.2, 0.25) is 0 Å². The minimum Gasteiger partial charge on any atom is -0.494 e. The first-order chi connectivity index (χ1) is 18.8. The van der Waals surface area contributed by atoms with Crippen molar-refractivity contribution < 1.29 is 9.53 Å². The molecule has 3 N–H and O–H groups in total. The number of carbonyl (C=O) groups is 1. The number of rotatable bonds is 7. The van der Waals surface area contributed by atoms with Crippen molar-refractivity contribution in [3.05, 3.63) is 67.6 Å². The zero-order valence-electron chi connectivity index (χ0n) is 22.9. The van der Waals surface area contributed by atoms with Crippen molar-refractivity contribution in [3.8, 4) is 17.0 Å². The molecule has 2 aromatic carbocycles. The molecule has 5 rings (SSSR count). The lowest BCUT2D eigenvalue weighted by Crippen LogP contribution is -2.53. The maximum Gasteiger partial charge on any atom is 0.247 e. The molecule has 0 spiro atoms. The van der Waals surface area contributed by atoms with Crippen LogP contribution in [0, 0.1) is 0 Å². The van der Waals surface area contributed by atoms with Gasteiger partial charge in [-0.15, -0.1) is 0 Å². The fraction of sp³-hybridized carbons (Fsp3) is 0.300. The Morgan fingerprint density at radius 3 is 2.56 bits per heavy atom. The third kappa shape index (κ3) is 5.58. The van der Waals surface area contributed by atoms with Gasteiger partial charge in [0.05, 0.1) is 29.9 Å². The zero-order valence-corrected chi connectivity index (χ0v) is 22.9. The summed E-state index contributed by atoms with van der Waals surface area (Å²) in [5.41, 5.74) is 5.20. The van der Waals surface area contributed by atoms with Gasteiger partial charge in [-0.25, -0.2) is 9.97 Å². The number of H-pyrrole nitrogens is 1. The topological polar surface area (TPSA) is 98.4 Å². The van der Waals surface area contributed by atoms with Crippen LogP contribution < -0.4 is 20.3 Å². The Morgan fingerprint density at radius 2 is 1.85 bits per heavy atom. The van der Waals surface area contributed by atoms with Gasteiger partial charge in [-0.1, -0.05) is 24.8 Å². The molecule has 39 heavy (non-hydrogen) atoms. The molecular formula is C30H35N7O2. The summed E-state index contributed by atoms with van der Waals surface area (Å²) < 4.78 is 5.79. The highest BCUT2D eigenvalue weighted by Gasteiger charge is 2.27. The number of hydrogen-bond donors (Lipinski definition) is 3. The predicted octanol–water partition coefficient (Wildman–Crippen LogP) is 5.42. The second-order valence-corrected chi connectivity index (χ2v) is 10.6. The standard InChI is InChI=1S/C30H35N7O2/c1-6-29(38)35-24-15-25(27(39-5)17-26(24)36-11-13-37(14-12-36)30(2,3)4)34-28-16-23(32-19-33-28)21-18-31-22-10-8-7-9-20(21)22/h6-10,15-19,31H,1,11-14H2,2-5H3,(H,35,38)(H,32,33,34). The summed E-state index contributed by atoms with van der Waals surface area (Å²) in [6, 6.07) is 13.9. The number of ether oxygens (including phenoxy) is 1. The van der Waals surface area contributed by atoms with Crippen molar-refractivity contribution in [1.29, 1.82) is 0 Å². The number of para-hydroxylation sites is 1. The van der Waals surface area contributed by atoms with E-state index < -0.39 is 0 Å². The van der Waals surface area contributed by atoms with Crippen molar-refractivity contribution in [2.24, 2.45) is 0 Å². The van der Waals surface area contributed by atoms with Gasteiger partial charge in [0.2, 0.25) is 5.91 Å². The maximum atomic E-state index is 12.4. The Balaban J connectivity index is 1.46. The van der Waals surface area contributed by atoms with E-state index in [4.69, 9.17) is 4.74 Å². The van der Waals surface area contributed by atoms with Crippen LogP contribution in [0.25, 0.3) is 22.2 Å². The Hall–Kier alpha value is -4.37. The van der Waals surface area contributed by atoms with Crippen LogP contribution in [0.5, 0.6) is 5.75 Å². The number of nitrogens with one attached hydrogen (secondary N) is 3. The molecule has 9 nitrogen and oxygen atoms in total. The summed E-state index contributed by atoms with van der Waals surface area (Å²) in [5.74, 6) is 0.979. The van der Waals surface area contributed by atoms with Crippen molar-refractivity contribution in [2.75, 3.05) is 48.8 Å². The van der Waals surface area contributed by atoms with Crippen LogP contribution in [0.4, 0.5) is 22.9 Å². The van der Waals surface area contributed by atoms with Crippen LogP contribution in [0.15, 0.2) is 67.6 Å². The monoisotopic (exact) mass is 525 g/mol. The van der Waals surface area contributed by atoms with E-state index in [1.807, 2.05) is 42.6 Å². The van der Waals surface area contributed by atoms with E-state index in [0.717, 1.165) is 54.0 Å². The first-order valence-electron chi connectivity index (χ1n) is 13.1. The van der Waals surface area contributed by atoms with Gasteiger partial charge in [0.1, 0.15) is 17.9 Å².